The Bertz CT molecular complexity index is 1100. The molecule has 2 aromatic carbocycles. The van der Waals surface area contributed by atoms with Crippen LogP contribution in [0.25, 0.3) is 11.3 Å². The fourth-order valence-electron chi connectivity index (χ4n) is 4.12. The van der Waals surface area contributed by atoms with Crippen LogP contribution in [0.2, 0.25) is 0 Å². The minimum absolute atomic E-state index is 0.0480. The number of nitrogens with zero attached hydrogens (tertiary/aromatic N) is 2. The van der Waals surface area contributed by atoms with Crippen LogP contribution >= 0.6 is 0 Å². The van der Waals surface area contributed by atoms with Gasteiger partial charge in [-0.25, -0.2) is 4.79 Å². The molecule has 7 heteroatoms. The summed E-state index contributed by atoms with van der Waals surface area (Å²) in [5.74, 6) is 0.190. The number of carbonyl (C=O) groups is 2. The van der Waals surface area contributed by atoms with E-state index >= 15 is 0 Å². The molecule has 1 saturated carbocycles. The van der Waals surface area contributed by atoms with Gasteiger partial charge in [-0.05, 0) is 42.7 Å². The molecule has 1 aliphatic carbocycles. The summed E-state index contributed by atoms with van der Waals surface area (Å²) in [7, 11) is 0. The molecule has 7 nitrogen and oxygen atoms in total. The zero-order chi connectivity index (χ0) is 22.5. The predicted octanol–water partition coefficient (Wildman–Crippen LogP) is 5.02. The third-order valence-corrected chi connectivity index (χ3v) is 5.87. The minimum atomic E-state index is -0.295. The molecule has 3 N–H and O–H groups in total. The largest absolute Gasteiger partial charge is 0.507 e. The number of phenolic OH excluding ortho intramolecular Hbond substituents is 1. The van der Waals surface area contributed by atoms with E-state index in [4.69, 9.17) is 0 Å². The number of benzene rings is 2. The maximum absolute atomic E-state index is 13.0. The van der Waals surface area contributed by atoms with E-state index in [0.29, 0.717) is 29.9 Å². The number of aromatic nitrogens is 2. The third kappa shape index (κ3) is 4.82. The number of aromatic hydroxyl groups is 1. The lowest BCUT2D eigenvalue weighted by Gasteiger charge is -2.12. The van der Waals surface area contributed by atoms with Crippen LogP contribution in [0.15, 0.2) is 54.6 Å². The van der Waals surface area contributed by atoms with Gasteiger partial charge in [0.2, 0.25) is 5.91 Å². The monoisotopic (exact) mass is 432 g/mol. The molecule has 1 heterocycles. The highest BCUT2D eigenvalue weighted by Crippen LogP contribution is 2.38. The number of hydrogen-bond acceptors (Lipinski definition) is 4. The van der Waals surface area contributed by atoms with Gasteiger partial charge in [-0.1, -0.05) is 50.1 Å². The van der Waals surface area contributed by atoms with Gasteiger partial charge in [-0.3, -0.25) is 4.79 Å². The molecule has 0 radical (unpaired) electrons. The molecule has 1 aromatic heterocycles. The fraction of sp³-hybridized carbons (Fsp3) is 0.320. The molecule has 3 aromatic rings. The Balaban J connectivity index is 1.64. The van der Waals surface area contributed by atoms with Crippen LogP contribution in [-0.4, -0.2) is 26.8 Å². The number of hydrogen-bond donors (Lipinski definition) is 3. The number of anilines is 1. The van der Waals surface area contributed by atoms with Crippen LogP contribution < -0.4 is 10.6 Å². The Hall–Kier alpha value is -3.61. The van der Waals surface area contributed by atoms with Crippen molar-refractivity contribution in [3.63, 3.8) is 0 Å². The molecule has 0 aliphatic heterocycles. The Morgan fingerprint density at radius 1 is 1.09 bits per heavy atom. The fourth-order valence-corrected chi connectivity index (χ4v) is 4.12. The quantitative estimate of drug-likeness (QED) is 0.477. The third-order valence-electron chi connectivity index (χ3n) is 5.87. The first kappa shape index (κ1) is 21.6. The summed E-state index contributed by atoms with van der Waals surface area (Å²) >= 11 is 0. The van der Waals surface area contributed by atoms with Crippen molar-refractivity contribution in [3.8, 4) is 17.0 Å². The Morgan fingerprint density at radius 2 is 1.84 bits per heavy atom. The molecule has 32 heavy (non-hydrogen) atoms. The lowest BCUT2D eigenvalue weighted by atomic mass is 10.0. The van der Waals surface area contributed by atoms with Crippen LogP contribution in [0, 0.1) is 0 Å². The Kier molecular flexibility index (Phi) is 6.54. The second kappa shape index (κ2) is 9.68. The van der Waals surface area contributed by atoms with Crippen molar-refractivity contribution >= 4 is 17.6 Å². The van der Waals surface area contributed by atoms with Crippen LogP contribution in [0.1, 0.15) is 56.2 Å². The van der Waals surface area contributed by atoms with Gasteiger partial charge in [-0.15, -0.1) is 0 Å². The molecular formula is C25H28N4O3. The molecule has 1 aliphatic rings. The molecule has 0 atom stereocenters. The molecule has 0 bridgehead atoms. The zero-order valence-electron chi connectivity index (χ0n) is 18.2. The molecule has 4 rings (SSSR count). The standard InChI is InChI=1S/C25H28N4O3/c1-2-24(31)27-19-12-13-23(30)20(14-19)21-15-22(18-10-6-7-11-18)29(28-21)25(32)26-16-17-8-4-3-5-9-17/h3-5,8-9,12-15,18,30H,2,6-7,10-11,16H2,1H3,(H,26,32)(H,27,31). The van der Waals surface area contributed by atoms with E-state index in [2.05, 4.69) is 15.7 Å². The number of nitrogens with one attached hydrogen (secondary N) is 2. The minimum Gasteiger partial charge on any atom is -0.507 e. The van der Waals surface area contributed by atoms with E-state index in [0.717, 1.165) is 36.9 Å². The van der Waals surface area contributed by atoms with Gasteiger partial charge in [0.15, 0.2) is 0 Å². The van der Waals surface area contributed by atoms with Crippen LogP contribution in [0.3, 0.4) is 0 Å². The Labute approximate surface area is 187 Å². The van der Waals surface area contributed by atoms with Crippen molar-refractivity contribution in [1.82, 2.24) is 15.1 Å². The molecule has 0 spiro atoms. The first-order valence-electron chi connectivity index (χ1n) is 11.1. The summed E-state index contributed by atoms with van der Waals surface area (Å²) in [5, 5.41) is 20.8. The van der Waals surface area contributed by atoms with Gasteiger partial charge >= 0.3 is 6.03 Å². The molecule has 0 unspecified atom stereocenters. The predicted molar refractivity (Wildman–Crippen MR) is 124 cm³/mol. The van der Waals surface area contributed by atoms with Crippen LogP contribution in [0.5, 0.6) is 5.75 Å². The second-order valence-electron chi connectivity index (χ2n) is 8.13. The van der Waals surface area contributed by atoms with E-state index in [1.807, 2.05) is 36.4 Å². The van der Waals surface area contributed by atoms with Crippen molar-refractivity contribution in [2.45, 2.75) is 51.5 Å². The van der Waals surface area contributed by atoms with Crippen molar-refractivity contribution in [2.75, 3.05) is 5.32 Å². The Morgan fingerprint density at radius 3 is 2.56 bits per heavy atom. The number of rotatable bonds is 6. The molecule has 2 amide bonds. The van der Waals surface area contributed by atoms with Gasteiger partial charge in [0.05, 0.1) is 11.4 Å². The summed E-state index contributed by atoms with van der Waals surface area (Å²) < 4.78 is 1.44. The SMILES string of the molecule is CCC(=O)Nc1ccc(O)c(-c2cc(C3CCCC3)n(C(=O)NCc3ccccc3)n2)c1. The van der Waals surface area contributed by atoms with Crippen molar-refractivity contribution in [3.05, 3.63) is 65.9 Å². The van der Waals surface area contributed by atoms with E-state index in [-0.39, 0.29) is 23.6 Å². The lowest BCUT2D eigenvalue weighted by molar-refractivity contribution is -0.115. The highest BCUT2D eigenvalue weighted by molar-refractivity contribution is 5.91. The van der Waals surface area contributed by atoms with Crippen LogP contribution in [-0.2, 0) is 11.3 Å². The molecule has 166 valence electrons. The maximum atomic E-state index is 13.0. The highest BCUT2D eigenvalue weighted by atomic mass is 16.3. The van der Waals surface area contributed by atoms with Crippen LogP contribution in [0.4, 0.5) is 10.5 Å². The summed E-state index contributed by atoms with van der Waals surface area (Å²) in [6.07, 6.45) is 4.63. The second-order valence-corrected chi connectivity index (χ2v) is 8.13. The van der Waals surface area contributed by atoms with E-state index < -0.39 is 0 Å². The number of carbonyl (C=O) groups excluding carboxylic acids is 2. The van der Waals surface area contributed by atoms with Crippen molar-refractivity contribution in [2.24, 2.45) is 0 Å². The van der Waals surface area contributed by atoms with E-state index in [1.165, 1.54) is 10.7 Å². The van der Waals surface area contributed by atoms with E-state index in [1.54, 1.807) is 19.1 Å². The molecule has 0 saturated heterocycles. The summed E-state index contributed by atoms with van der Waals surface area (Å²) in [4.78, 5) is 24.8. The number of amides is 2. The zero-order valence-corrected chi connectivity index (χ0v) is 18.2. The summed E-state index contributed by atoms with van der Waals surface area (Å²) in [6.45, 7) is 2.18. The normalized spacial score (nSPS) is 13.8. The topological polar surface area (TPSA) is 96.2 Å². The average molecular weight is 433 g/mol. The van der Waals surface area contributed by atoms with Crippen molar-refractivity contribution in [1.29, 1.82) is 0 Å². The molecular weight excluding hydrogens is 404 g/mol. The van der Waals surface area contributed by atoms with Gasteiger partial charge in [0.25, 0.3) is 0 Å². The van der Waals surface area contributed by atoms with Gasteiger partial charge in [0.1, 0.15) is 5.75 Å². The highest BCUT2D eigenvalue weighted by Gasteiger charge is 2.26. The van der Waals surface area contributed by atoms with Gasteiger partial charge < -0.3 is 15.7 Å². The summed E-state index contributed by atoms with van der Waals surface area (Å²) in [6, 6.07) is 16.2. The maximum Gasteiger partial charge on any atom is 0.342 e. The molecule has 1 fully saturated rings. The first-order valence-corrected chi connectivity index (χ1v) is 11.1. The van der Waals surface area contributed by atoms with Gasteiger partial charge in [-0.2, -0.15) is 9.78 Å². The first-order chi connectivity index (χ1) is 15.5. The number of phenols is 1. The average Bonchev–Trinajstić information content (AvgIpc) is 3.49. The summed E-state index contributed by atoms with van der Waals surface area (Å²) in [5.41, 5.74) is 3.42. The van der Waals surface area contributed by atoms with E-state index in [9.17, 15) is 14.7 Å². The lowest BCUT2D eigenvalue weighted by Crippen LogP contribution is -2.30. The van der Waals surface area contributed by atoms with Crippen molar-refractivity contribution < 1.29 is 14.7 Å². The van der Waals surface area contributed by atoms with Gasteiger partial charge in [0, 0.05) is 30.1 Å². The smallest absolute Gasteiger partial charge is 0.342 e.